The minimum Gasteiger partial charge on any atom is -0.298 e. The van der Waals surface area contributed by atoms with Crippen LogP contribution in [0.5, 0.6) is 0 Å². The molecule has 0 aliphatic heterocycles. The molecule has 0 atom stereocenters. The zero-order valence-electron chi connectivity index (χ0n) is 6.86. The molecular formula is C8H5IN2OS2. The van der Waals surface area contributed by atoms with Crippen LogP contribution in [0.1, 0.15) is 10.4 Å². The number of thiophene rings is 1. The fraction of sp³-hybridized carbons (Fsp3) is 0. The summed E-state index contributed by atoms with van der Waals surface area (Å²) in [6, 6.07) is 1.86. The van der Waals surface area contributed by atoms with Crippen LogP contribution < -0.4 is 5.32 Å². The van der Waals surface area contributed by atoms with Crippen LogP contribution in [0, 0.1) is 2.88 Å². The molecule has 0 aliphatic carbocycles. The Morgan fingerprint density at radius 2 is 2.36 bits per heavy atom. The van der Waals surface area contributed by atoms with Gasteiger partial charge in [-0.1, -0.05) is 0 Å². The molecule has 0 saturated carbocycles. The highest BCUT2D eigenvalue weighted by Gasteiger charge is 2.08. The SMILES string of the molecule is O=C(Nc1nccs1)c1csc(I)c1. The first-order chi connectivity index (χ1) is 6.75. The molecule has 0 radical (unpaired) electrons. The molecule has 2 heterocycles. The zero-order valence-corrected chi connectivity index (χ0v) is 10.6. The third-order valence-corrected chi connectivity index (χ3v) is 3.96. The van der Waals surface area contributed by atoms with E-state index in [1.54, 1.807) is 17.5 Å². The largest absolute Gasteiger partial charge is 0.298 e. The maximum absolute atomic E-state index is 11.6. The van der Waals surface area contributed by atoms with E-state index in [1.807, 2.05) is 16.8 Å². The summed E-state index contributed by atoms with van der Waals surface area (Å²) in [6.45, 7) is 0. The molecule has 0 aliphatic rings. The Labute approximate surface area is 102 Å². The summed E-state index contributed by atoms with van der Waals surface area (Å²) < 4.78 is 1.10. The van der Waals surface area contributed by atoms with Crippen molar-refractivity contribution in [1.82, 2.24) is 4.98 Å². The summed E-state index contributed by atoms with van der Waals surface area (Å²) >= 11 is 5.15. The van der Waals surface area contributed by atoms with Crippen LogP contribution in [0.2, 0.25) is 0 Å². The van der Waals surface area contributed by atoms with Crippen LogP contribution in [0.4, 0.5) is 5.13 Å². The lowest BCUT2D eigenvalue weighted by molar-refractivity contribution is 0.102. The second kappa shape index (κ2) is 4.37. The van der Waals surface area contributed by atoms with Crippen molar-refractivity contribution in [3.8, 4) is 0 Å². The number of halogens is 1. The van der Waals surface area contributed by atoms with Gasteiger partial charge >= 0.3 is 0 Å². The average molecular weight is 336 g/mol. The number of hydrogen-bond donors (Lipinski definition) is 1. The van der Waals surface area contributed by atoms with Gasteiger partial charge in [-0.2, -0.15) is 0 Å². The van der Waals surface area contributed by atoms with Crippen molar-refractivity contribution >= 4 is 56.3 Å². The Kier molecular flexibility index (Phi) is 3.14. The number of nitrogens with zero attached hydrogens (tertiary/aromatic N) is 1. The molecule has 6 heteroatoms. The third kappa shape index (κ3) is 2.31. The molecule has 14 heavy (non-hydrogen) atoms. The van der Waals surface area contributed by atoms with Crippen molar-refractivity contribution in [2.75, 3.05) is 5.32 Å². The van der Waals surface area contributed by atoms with Gasteiger partial charge in [0.05, 0.1) is 8.45 Å². The number of amides is 1. The minimum atomic E-state index is -0.0980. The van der Waals surface area contributed by atoms with E-state index in [-0.39, 0.29) is 5.91 Å². The topological polar surface area (TPSA) is 42.0 Å². The summed E-state index contributed by atoms with van der Waals surface area (Å²) in [7, 11) is 0. The smallest absolute Gasteiger partial charge is 0.258 e. The Morgan fingerprint density at radius 3 is 2.93 bits per heavy atom. The van der Waals surface area contributed by atoms with Crippen LogP contribution in [-0.2, 0) is 0 Å². The van der Waals surface area contributed by atoms with Crippen molar-refractivity contribution in [2.45, 2.75) is 0 Å². The number of hydrogen-bond acceptors (Lipinski definition) is 4. The normalized spacial score (nSPS) is 10.1. The summed E-state index contributed by atoms with van der Waals surface area (Å²) in [5, 5.41) is 7.02. The molecule has 72 valence electrons. The molecule has 0 spiro atoms. The second-order valence-electron chi connectivity index (χ2n) is 2.43. The van der Waals surface area contributed by atoms with Gasteiger partial charge in [-0.15, -0.1) is 22.7 Å². The third-order valence-electron chi connectivity index (χ3n) is 1.48. The monoisotopic (exact) mass is 336 g/mol. The fourth-order valence-electron chi connectivity index (χ4n) is 0.884. The summed E-state index contributed by atoms with van der Waals surface area (Å²) in [5.74, 6) is -0.0980. The summed E-state index contributed by atoms with van der Waals surface area (Å²) in [4.78, 5) is 15.6. The minimum absolute atomic E-state index is 0.0980. The van der Waals surface area contributed by atoms with E-state index in [9.17, 15) is 4.79 Å². The highest BCUT2D eigenvalue weighted by Crippen LogP contribution is 2.18. The maximum Gasteiger partial charge on any atom is 0.258 e. The molecule has 0 fully saturated rings. The molecule has 2 aromatic heterocycles. The van der Waals surface area contributed by atoms with Crippen molar-refractivity contribution in [1.29, 1.82) is 0 Å². The predicted molar refractivity (Wildman–Crippen MR) is 67.1 cm³/mol. The van der Waals surface area contributed by atoms with Crippen molar-refractivity contribution in [3.05, 3.63) is 31.5 Å². The van der Waals surface area contributed by atoms with E-state index < -0.39 is 0 Å². The highest BCUT2D eigenvalue weighted by molar-refractivity contribution is 14.1. The van der Waals surface area contributed by atoms with Crippen LogP contribution in [0.3, 0.4) is 0 Å². The molecule has 2 aromatic rings. The number of nitrogens with one attached hydrogen (secondary N) is 1. The van der Waals surface area contributed by atoms with Crippen LogP contribution >= 0.6 is 45.3 Å². The van der Waals surface area contributed by atoms with Gasteiger partial charge in [-0.25, -0.2) is 4.98 Å². The first kappa shape index (κ1) is 10.1. The standard InChI is InChI=1S/C8H5IN2OS2/c9-6-3-5(4-14-6)7(12)11-8-10-1-2-13-8/h1-4H,(H,10,11,12). The van der Waals surface area contributed by atoms with Gasteiger partial charge in [-0.05, 0) is 28.7 Å². The molecule has 1 amide bonds. The Balaban J connectivity index is 2.10. The van der Waals surface area contributed by atoms with E-state index >= 15 is 0 Å². The lowest BCUT2D eigenvalue weighted by Crippen LogP contribution is -2.10. The first-order valence-electron chi connectivity index (χ1n) is 3.70. The van der Waals surface area contributed by atoms with Gasteiger partial charge in [0.2, 0.25) is 0 Å². The molecule has 2 rings (SSSR count). The van der Waals surface area contributed by atoms with E-state index in [2.05, 4.69) is 32.9 Å². The van der Waals surface area contributed by atoms with E-state index in [0.29, 0.717) is 10.7 Å². The fourth-order valence-corrected chi connectivity index (χ4v) is 2.73. The molecule has 0 bridgehead atoms. The molecular weight excluding hydrogens is 331 g/mol. The zero-order chi connectivity index (χ0) is 9.97. The van der Waals surface area contributed by atoms with E-state index in [1.165, 1.54) is 11.3 Å². The van der Waals surface area contributed by atoms with Crippen LogP contribution in [0.25, 0.3) is 0 Å². The van der Waals surface area contributed by atoms with Gasteiger partial charge in [0.25, 0.3) is 5.91 Å². The summed E-state index contributed by atoms with van der Waals surface area (Å²) in [6.07, 6.45) is 1.66. The average Bonchev–Trinajstić information content (AvgIpc) is 2.75. The van der Waals surface area contributed by atoms with Gasteiger partial charge in [0.15, 0.2) is 5.13 Å². The first-order valence-corrected chi connectivity index (χ1v) is 6.54. The highest BCUT2D eigenvalue weighted by atomic mass is 127. The lowest BCUT2D eigenvalue weighted by atomic mass is 10.3. The quantitative estimate of drug-likeness (QED) is 0.857. The van der Waals surface area contributed by atoms with Gasteiger partial charge in [0.1, 0.15) is 0 Å². The molecule has 0 saturated heterocycles. The molecule has 3 nitrogen and oxygen atoms in total. The molecule has 0 unspecified atom stereocenters. The van der Waals surface area contributed by atoms with Gasteiger partial charge in [-0.3, -0.25) is 10.1 Å². The number of aromatic nitrogens is 1. The molecule has 1 N–H and O–H groups in total. The summed E-state index contributed by atoms with van der Waals surface area (Å²) in [5.41, 5.74) is 0.689. The van der Waals surface area contributed by atoms with E-state index in [4.69, 9.17) is 0 Å². The van der Waals surface area contributed by atoms with Gasteiger partial charge in [0, 0.05) is 17.0 Å². The number of carbonyl (C=O) groups is 1. The van der Waals surface area contributed by atoms with Crippen molar-refractivity contribution in [3.63, 3.8) is 0 Å². The van der Waals surface area contributed by atoms with E-state index in [0.717, 1.165) is 2.88 Å². The Hall–Kier alpha value is -0.470. The van der Waals surface area contributed by atoms with Gasteiger partial charge < -0.3 is 0 Å². The lowest BCUT2D eigenvalue weighted by Gasteiger charge is -1.96. The predicted octanol–water partition coefficient (Wildman–Crippen LogP) is 3.06. The second-order valence-corrected chi connectivity index (χ2v) is 6.13. The van der Waals surface area contributed by atoms with Crippen LogP contribution in [0.15, 0.2) is 23.0 Å². The number of thiazole rings is 1. The molecule has 0 aromatic carbocycles. The number of rotatable bonds is 2. The van der Waals surface area contributed by atoms with Crippen LogP contribution in [-0.4, -0.2) is 10.9 Å². The maximum atomic E-state index is 11.6. The van der Waals surface area contributed by atoms with Crippen molar-refractivity contribution < 1.29 is 4.79 Å². The Morgan fingerprint density at radius 1 is 1.50 bits per heavy atom. The number of carbonyl (C=O) groups excluding carboxylic acids is 1. The van der Waals surface area contributed by atoms with Crippen molar-refractivity contribution in [2.24, 2.45) is 0 Å². The number of anilines is 1. The Bertz CT molecular complexity index is 438.